The smallest absolute Gasteiger partial charge is 0.325 e. The number of hydrogen-bond donors (Lipinski definition) is 0. The van der Waals surface area contributed by atoms with E-state index in [1.165, 1.54) is 14.2 Å². The number of ether oxygens (including phenoxy) is 3. The van der Waals surface area contributed by atoms with Crippen LogP contribution in [0.4, 0.5) is 4.79 Å². The summed E-state index contributed by atoms with van der Waals surface area (Å²) in [5, 5.41) is -0.536. The number of methoxy groups -OCH3 is 2. The number of halogens is 2. The van der Waals surface area contributed by atoms with E-state index < -0.39 is 23.7 Å². The van der Waals surface area contributed by atoms with Gasteiger partial charge in [0.1, 0.15) is 13.2 Å². The van der Waals surface area contributed by atoms with Crippen molar-refractivity contribution < 1.29 is 28.6 Å². The normalized spacial score (nSPS) is 14.8. The van der Waals surface area contributed by atoms with E-state index in [-0.39, 0.29) is 4.91 Å². The van der Waals surface area contributed by atoms with Crippen molar-refractivity contribution in [3.05, 3.63) is 61.4 Å². The van der Waals surface area contributed by atoms with Crippen LogP contribution in [0.3, 0.4) is 0 Å². The second kappa shape index (κ2) is 10.3. The number of amides is 2. The number of benzene rings is 2. The zero-order valence-corrected chi connectivity index (χ0v) is 20.5. The van der Waals surface area contributed by atoms with E-state index in [1.54, 1.807) is 12.1 Å². The standard InChI is InChI=1S/C21H17Br2NO6S/c1-28-14-8-13(9-15-20(26)24(21(27)31-15)10-16(25)29-2)17(22)18(23)19(14)30-11-12-6-4-3-5-7-12/h3-9H,10-11H2,1-2H3/b15-9-. The van der Waals surface area contributed by atoms with Gasteiger partial charge in [-0.2, -0.15) is 0 Å². The molecular formula is C21H17Br2NO6S. The first-order valence-corrected chi connectivity index (χ1v) is 11.3. The minimum absolute atomic E-state index is 0.182. The van der Waals surface area contributed by atoms with Gasteiger partial charge in [0, 0.05) is 4.47 Å². The van der Waals surface area contributed by atoms with Crippen LogP contribution in [0.5, 0.6) is 11.5 Å². The third kappa shape index (κ3) is 5.31. The summed E-state index contributed by atoms with van der Waals surface area (Å²) >= 11 is 7.78. The Bertz CT molecular complexity index is 1060. The second-order valence-electron chi connectivity index (χ2n) is 6.24. The van der Waals surface area contributed by atoms with Gasteiger partial charge in [-0.25, -0.2) is 0 Å². The van der Waals surface area contributed by atoms with Gasteiger partial charge in [-0.3, -0.25) is 19.3 Å². The average Bonchev–Trinajstić information content (AvgIpc) is 3.03. The molecule has 0 bridgehead atoms. The summed E-state index contributed by atoms with van der Waals surface area (Å²) in [5.74, 6) is -0.291. The zero-order valence-electron chi connectivity index (χ0n) is 16.5. The fraction of sp³-hybridized carbons (Fsp3) is 0.190. The Morgan fingerprint density at radius 2 is 1.84 bits per heavy atom. The summed E-state index contributed by atoms with van der Waals surface area (Å²) < 4.78 is 17.2. The van der Waals surface area contributed by atoms with Gasteiger partial charge >= 0.3 is 5.97 Å². The summed E-state index contributed by atoms with van der Waals surface area (Å²) in [4.78, 5) is 37.2. The fourth-order valence-electron chi connectivity index (χ4n) is 2.70. The van der Waals surface area contributed by atoms with Crippen molar-refractivity contribution in [1.82, 2.24) is 4.90 Å². The van der Waals surface area contributed by atoms with Gasteiger partial charge < -0.3 is 14.2 Å². The van der Waals surface area contributed by atoms with E-state index in [2.05, 4.69) is 36.6 Å². The van der Waals surface area contributed by atoms with E-state index in [1.807, 2.05) is 30.3 Å². The molecule has 0 spiro atoms. The molecule has 0 atom stereocenters. The van der Waals surface area contributed by atoms with Crippen LogP contribution in [0.2, 0.25) is 0 Å². The third-order valence-corrected chi connectivity index (χ3v) is 7.33. The van der Waals surface area contributed by atoms with E-state index >= 15 is 0 Å². The van der Waals surface area contributed by atoms with Gasteiger partial charge in [0.2, 0.25) is 0 Å². The minimum Gasteiger partial charge on any atom is -0.493 e. The Morgan fingerprint density at radius 1 is 1.13 bits per heavy atom. The molecule has 2 aromatic rings. The zero-order chi connectivity index (χ0) is 22.5. The van der Waals surface area contributed by atoms with Crippen molar-refractivity contribution in [3.63, 3.8) is 0 Å². The molecule has 0 aromatic heterocycles. The van der Waals surface area contributed by atoms with Gasteiger partial charge in [0.25, 0.3) is 11.1 Å². The molecule has 3 rings (SSSR count). The predicted octanol–water partition coefficient (Wildman–Crippen LogP) is 5.01. The topological polar surface area (TPSA) is 82.1 Å². The summed E-state index contributed by atoms with van der Waals surface area (Å²) in [5.41, 5.74) is 1.59. The number of rotatable bonds is 7. The number of hydrogen-bond acceptors (Lipinski definition) is 7. The van der Waals surface area contributed by atoms with Crippen molar-refractivity contribution in [3.8, 4) is 11.5 Å². The monoisotopic (exact) mass is 569 g/mol. The summed E-state index contributed by atoms with van der Waals surface area (Å²) in [6.07, 6.45) is 1.56. The van der Waals surface area contributed by atoms with Gasteiger partial charge in [0.05, 0.1) is 23.6 Å². The van der Waals surface area contributed by atoms with Crippen LogP contribution in [0.15, 0.2) is 50.2 Å². The van der Waals surface area contributed by atoms with Crippen LogP contribution >= 0.6 is 43.6 Å². The SMILES string of the molecule is COC(=O)CN1C(=O)S/C(=C\c2cc(OC)c(OCc3ccccc3)c(Br)c2Br)C1=O. The van der Waals surface area contributed by atoms with E-state index in [0.717, 1.165) is 22.2 Å². The number of carbonyl (C=O) groups excluding carboxylic acids is 3. The molecule has 1 aliphatic heterocycles. The fourth-order valence-corrected chi connectivity index (χ4v) is 4.47. The molecule has 0 N–H and O–H groups in total. The maximum atomic E-state index is 12.6. The molecule has 0 saturated carbocycles. The molecule has 31 heavy (non-hydrogen) atoms. The van der Waals surface area contributed by atoms with Crippen molar-refractivity contribution >= 4 is 66.8 Å². The van der Waals surface area contributed by atoms with Gasteiger partial charge in [0.15, 0.2) is 11.5 Å². The molecule has 1 aliphatic rings. The first-order valence-electron chi connectivity index (χ1n) is 8.90. The van der Waals surface area contributed by atoms with Crippen LogP contribution in [-0.2, 0) is 20.9 Å². The highest BCUT2D eigenvalue weighted by Gasteiger charge is 2.36. The largest absolute Gasteiger partial charge is 0.493 e. The maximum absolute atomic E-state index is 12.6. The molecule has 2 amide bonds. The summed E-state index contributed by atoms with van der Waals surface area (Å²) in [6.45, 7) is -0.0903. The molecule has 0 unspecified atom stereocenters. The van der Waals surface area contributed by atoms with Crippen molar-refractivity contribution in [1.29, 1.82) is 0 Å². The molecule has 0 radical (unpaired) electrons. The van der Waals surface area contributed by atoms with Crippen LogP contribution in [0.1, 0.15) is 11.1 Å². The van der Waals surface area contributed by atoms with Gasteiger partial charge in [-0.1, -0.05) is 30.3 Å². The molecule has 1 fully saturated rings. The number of imide groups is 1. The van der Waals surface area contributed by atoms with Gasteiger partial charge in [-0.15, -0.1) is 0 Å². The Labute approximate surface area is 200 Å². The molecule has 162 valence electrons. The number of esters is 1. The lowest BCUT2D eigenvalue weighted by Gasteiger charge is -2.16. The molecule has 1 saturated heterocycles. The maximum Gasteiger partial charge on any atom is 0.325 e. The van der Waals surface area contributed by atoms with Gasteiger partial charge in [-0.05, 0) is 66.9 Å². The summed E-state index contributed by atoms with van der Waals surface area (Å²) in [7, 11) is 2.71. The Morgan fingerprint density at radius 3 is 2.48 bits per heavy atom. The average molecular weight is 571 g/mol. The Balaban J connectivity index is 1.89. The number of nitrogens with zero attached hydrogens (tertiary/aromatic N) is 1. The molecule has 0 aliphatic carbocycles. The van der Waals surface area contributed by atoms with Crippen molar-refractivity contribution in [2.24, 2.45) is 0 Å². The molecule has 1 heterocycles. The second-order valence-corrected chi connectivity index (χ2v) is 8.82. The lowest BCUT2D eigenvalue weighted by atomic mass is 10.1. The number of thioether (sulfide) groups is 1. The molecule has 7 nitrogen and oxygen atoms in total. The Kier molecular flexibility index (Phi) is 7.79. The van der Waals surface area contributed by atoms with E-state index in [9.17, 15) is 14.4 Å². The Hall–Kier alpha value is -2.30. The molecule has 2 aromatic carbocycles. The quantitative estimate of drug-likeness (QED) is 0.342. The highest BCUT2D eigenvalue weighted by molar-refractivity contribution is 9.13. The molecular weight excluding hydrogens is 554 g/mol. The first-order chi connectivity index (χ1) is 14.8. The lowest BCUT2D eigenvalue weighted by molar-refractivity contribution is -0.143. The highest BCUT2D eigenvalue weighted by Crippen LogP contribution is 2.44. The summed E-state index contributed by atoms with van der Waals surface area (Å²) in [6, 6.07) is 11.4. The minimum atomic E-state index is -0.672. The van der Waals surface area contributed by atoms with Crippen molar-refractivity contribution in [2.45, 2.75) is 6.61 Å². The molecule has 10 heteroatoms. The highest BCUT2D eigenvalue weighted by atomic mass is 79.9. The van der Waals surface area contributed by atoms with Crippen LogP contribution in [0.25, 0.3) is 6.08 Å². The van der Waals surface area contributed by atoms with Crippen LogP contribution < -0.4 is 9.47 Å². The number of carbonyl (C=O) groups is 3. The lowest BCUT2D eigenvalue weighted by Crippen LogP contribution is -2.34. The van der Waals surface area contributed by atoms with Crippen molar-refractivity contribution in [2.75, 3.05) is 20.8 Å². The predicted molar refractivity (Wildman–Crippen MR) is 124 cm³/mol. The van der Waals surface area contributed by atoms with E-state index in [0.29, 0.717) is 32.6 Å². The third-order valence-electron chi connectivity index (χ3n) is 4.28. The van der Waals surface area contributed by atoms with Crippen LogP contribution in [0, 0.1) is 0 Å². The first kappa shape index (κ1) is 23.4. The van der Waals surface area contributed by atoms with Crippen LogP contribution in [-0.4, -0.2) is 42.8 Å². The van der Waals surface area contributed by atoms with E-state index in [4.69, 9.17) is 9.47 Å².